The Morgan fingerprint density at radius 3 is 2.89 bits per heavy atom. The minimum Gasteiger partial charge on any atom is -0.478 e. The van der Waals surface area contributed by atoms with Crippen LogP contribution in [0.1, 0.15) is 29.1 Å². The first kappa shape index (κ1) is 13.5. The van der Waals surface area contributed by atoms with Gasteiger partial charge in [-0.2, -0.15) is 0 Å². The van der Waals surface area contributed by atoms with Crippen LogP contribution in [0.15, 0.2) is 36.0 Å². The van der Waals surface area contributed by atoms with Crippen molar-refractivity contribution in [1.82, 2.24) is 4.98 Å². The molecule has 0 unspecified atom stereocenters. The number of rotatable bonds is 5. The number of carbonyl (C=O) groups is 1. The van der Waals surface area contributed by atoms with E-state index in [1.54, 1.807) is 23.6 Å². The van der Waals surface area contributed by atoms with Crippen molar-refractivity contribution < 1.29 is 9.90 Å². The molecule has 4 nitrogen and oxygen atoms in total. The molecule has 2 N–H and O–H groups in total. The van der Waals surface area contributed by atoms with Crippen LogP contribution in [0, 0.1) is 0 Å². The van der Waals surface area contributed by atoms with E-state index in [0.29, 0.717) is 12.2 Å². The topological polar surface area (TPSA) is 62.2 Å². The highest BCUT2D eigenvalue weighted by Crippen LogP contribution is 2.28. The third-order valence-corrected chi connectivity index (χ3v) is 4.20. The molecule has 0 fully saturated rings. The number of nitrogens with zero attached hydrogens (tertiary/aromatic N) is 1. The molecule has 0 aliphatic carbocycles. The van der Waals surface area contributed by atoms with Crippen molar-refractivity contribution in [2.45, 2.75) is 19.3 Å². The first-order chi connectivity index (χ1) is 9.00. The molecule has 0 radical (unpaired) electrons. The zero-order valence-electron chi connectivity index (χ0n) is 10.9. The van der Waals surface area contributed by atoms with Crippen molar-refractivity contribution >= 4 is 23.0 Å². The molecule has 2 aromatic rings. The van der Waals surface area contributed by atoms with Crippen molar-refractivity contribution in [2.24, 2.45) is 0 Å². The molecule has 0 atom stereocenters. The molecule has 2 rings (SSSR count). The molecule has 2 aromatic heterocycles. The molecular formula is C14H16N2O2S. The van der Waals surface area contributed by atoms with Crippen LogP contribution >= 0.6 is 11.3 Å². The normalized spacial score (nSPS) is 11.3. The Balaban J connectivity index is 2.13. The fourth-order valence-electron chi connectivity index (χ4n) is 1.79. The van der Waals surface area contributed by atoms with Gasteiger partial charge in [0.05, 0.1) is 5.69 Å². The van der Waals surface area contributed by atoms with Gasteiger partial charge in [-0.25, -0.2) is 4.79 Å². The lowest BCUT2D eigenvalue weighted by Gasteiger charge is -2.24. The Labute approximate surface area is 116 Å². The molecule has 0 aliphatic rings. The van der Waals surface area contributed by atoms with Crippen molar-refractivity contribution in [2.75, 3.05) is 11.9 Å². The molecule has 0 bridgehead atoms. The highest BCUT2D eigenvalue weighted by molar-refractivity contribution is 7.10. The summed E-state index contributed by atoms with van der Waals surface area (Å²) >= 11 is 1.71. The zero-order valence-corrected chi connectivity index (χ0v) is 11.7. The van der Waals surface area contributed by atoms with Crippen molar-refractivity contribution in [1.29, 1.82) is 0 Å². The van der Waals surface area contributed by atoms with Gasteiger partial charge in [0.25, 0.3) is 0 Å². The maximum absolute atomic E-state index is 11.1. The van der Waals surface area contributed by atoms with Gasteiger partial charge < -0.3 is 10.4 Å². The van der Waals surface area contributed by atoms with Crippen LogP contribution in [-0.2, 0) is 5.41 Å². The second-order valence-corrected chi connectivity index (χ2v) is 5.89. The van der Waals surface area contributed by atoms with Gasteiger partial charge in [0.15, 0.2) is 0 Å². The Morgan fingerprint density at radius 1 is 1.47 bits per heavy atom. The van der Waals surface area contributed by atoms with Gasteiger partial charge in [-0.15, -0.1) is 11.3 Å². The molecule has 0 spiro atoms. The third-order valence-electron chi connectivity index (χ3n) is 2.96. The highest BCUT2D eigenvalue weighted by atomic mass is 32.1. The van der Waals surface area contributed by atoms with Gasteiger partial charge in [0.1, 0.15) is 5.56 Å². The third kappa shape index (κ3) is 3.12. The minimum atomic E-state index is -0.968. The minimum absolute atomic E-state index is 0.0484. The molecule has 0 saturated heterocycles. The summed E-state index contributed by atoms with van der Waals surface area (Å²) < 4.78 is 0. The zero-order chi connectivity index (χ0) is 13.9. The summed E-state index contributed by atoms with van der Waals surface area (Å²) in [6.07, 6.45) is 2.95. The SMILES string of the molecule is CC(C)(CNc1ccncc1C(=O)O)c1cccs1. The molecule has 0 saturated carbocycles. The Kier molecular flexibility index (Phi) is 3.85. The van der Waals surface area contributed by atoms with Crippen molar-refractivity contribution in [3.63, 3.8) is 0 Å². The molecule has 100 valence electrons. The quantitative estimate of drug-likeness (QED) is 0.880. The number of hydrogen-bond acceptors (Lipinski definition) is 4. The smallest absolute Gasteiger partial charge is 0.339 e. The lowest BCUT2D eigenvalue weighted by Crippen LogP contribution is -2.27. The Morgan fingerprint density at radius 2 is 2.26 bits per heavy atom. The molecule has 19 heavy (non-hydrogen) atoms. The molecular weight excluding hydrogens is 260 g/mol. The predicted molar refractivity (Wildman–Crippen MR) is 77.0 cm³/mol. The van der Waals surface area contributed by atoms with Crippen LogP contribution in [0.4, 0.5) is 5.69 Å². The first-order valence-electron chi connectivity index (χ1n) is 5.96. The number of carboxylic acids is 1. The summed E-state index contributed by atoms with van der Waals surface area (Å²) in [6.45, 7) is 4.93. The van der Waals surface area contributed by atoms with Crippen molar-refractivity contribution in [3.8, 4) is 0 Å². The van der Waals surface area contributed by atoms with Crippen LogP contribution in [-0.4, -0.2) is 22.6 Å². The van der Waals surface area contributed by atoms with E-state index in [9.17, 15) is 4.79 Å². The Bertz CT molecular complexity index is 565. The lowest BCUT2D eigenvalue weighted by molar-refractivity contribution is 0.0697. The van der Waals surface area contributed by atoms with Crippen LogP contribution in [0.2, 0.25) is 0 Å². The number of hydrogen-bond donors (Lipinski definition) is 2. The van der Waals surface area contributed by atoms with Crippen LogP contribution in [0.5, 0.6) is 0 Å². The van der Waals surface area contributed by atoms with Gasteiger partial charge in [-0.3, -0.25) is 4.98 Å². The van der Waals surface area contributed by atoms with E-state index in [2.05, 4.69) is 30.2 Å². The number of aromatic nitrogens is 1. The molecule has 0 amide bonds. The summed E-state index contributed by atoms with van der Waals surface area (Å²) in [4.78, 5) is 16.2. The second-order valence-electron chi connectivity index (χ2n) is 4.94. The molecule has 5 heteroatoms. The van der Waals surface area contributed by atoms with Crippen LogP contribution < -0.4 is 5.32 Å². The van der Waals surface area contributed by atoms with Gasteiger partial charge in [0.2, 0.25) is 0 Å². The summed E-state index contributed by atoms with van der Waals surface area (Å²) in [5.74, 6) is -0.968. The number of anilines is 1. The summed E-state index contributed by atoms with van der Waals surface area (Å²) in [5, 5.41) is 14.4. The predicted octanol–water partition coefficient (Wildman–Crippen LogP) is 3.23. The molecule has 0 aliphatic heterocycles. The average Bonchev–Trinajstić information content (AvgIpc) is 2.91. The van der Waals surface area contributed by atoms with E-state index >= 15 is 0 Å². The summed E-state index contributed by atoms with van der Waals surface area (Å²) in [5.41, 5.74) is 0.754. The first-order valence-corrected chi connectivity index (χ1v) is 6.84. The number of carboxylic acid groups (broad SMARTS) is 1. The second kappa shape index (κ2) is 5.40. The fourth-order valence-corrected chi connectivity index (χ4v) is 2.64. The van der Waals surface area contributed by atoms with E-state index in [1.807, 2.05) is 11.4 Å². The van der Waals surface area contributed by atoms with E-state index in [1.165, 1.54) is 11.1 Å². The van der Waals surface area contributed by atoms with E-state index in [4.69, 9.17) is 5.11 Å². The van der Waals surface area contributed by atoms with Crippen molar-refractivity contribution in [3.05, 3.63) is 46.4 Å². The highest BCUT2D eigenvalue weighted by Gasteiger charge is 2.22. The molecule has 2 heterocycles. The van der Waals surface area contributed by atoms with Crippen LogP contribution in [0.3, 0.4) is 0 Å². The van der Waals surface area contributed by atoms with Gasteiger partial charge >= 0.3 is 5.97 Å². The molecule has 0 aromatic carbocycles. The van der Waals surface area contributed by atoms with E-state index < -0.39 is 5.97 Å². The van der Waals surface area contributed by atoms with E-state index in [0.717, 1.165) is 0 Å². The Hall–Kier alpha value is -1.88. The monoisotopic (exact) mass is 276 g/mol. The number of nitrogens with one attached hydrogen (secondary N) is 1. The average molecular weight is 276 g/mol. The number of pyridine rings is 1. The maximum atomic E-state index is 11.1. The lowest BCUT2D eigenvalue weighted by atomic mass is 9.91. The van der Waals surface area contributed by atoms with Gasteiger partial charge in [-0.05, 0) is 17.5 Å². The fraction of sp³-hybridized carbons (Fsp3) is 0.286. The summed E-state index contributed by atoms with van der Waals surface area (Å²) in [7, 11) is 0. The summed E-state index contributed by atoms with van der Waals surface area (Å²) in [6, 6.07) is 5.81. The van der Waals surface area contributed by atoms with Gasteiger partial charge in [0, 0.05) is 29.2 Å². The largest absolute Gasteiger partial charge is 0.478 e. The van der Waals surface area contributed by atoms with Gasteiger partial charge in [-0.1, -0.05) is 19.9 Å². The standard InChI is InChI=1S/C14H16N2O2S/c1-14(2,12-4-3-7-19-12)9-16-11-5-6-15-8-10(11)13(17)18/h3-8H,9H2,1-2H3,(H,15,16)(H,17,18). The van der Waals surface area contributed by atoms with Crippen LogP contribution in [0.25, 0.3) is 0 Å². The number of thiophene rings is 1. The number of aromatic carboxylic acids is 1. The van der Waals surface area contributed by atoms with E-state index in [-0.39, 0.29) is 11.0 Å². The maximum Gasteiger partial charge on any atom is 0.339 e.